The number of H-pyrrole nitrogens is 1. The average Bonchev–Trinajstić information content (AvgIpc) is 2.73. The summed E-state index contributed by atoms with van der Waals surface area (Å²) in [5.74, 6) is 0. The Morgan fingerprint density at radius 3 is 2.65 bits per heavy atom. The summed E-state index contributed by atoms with van der Waals surface area (Å²) in [6, 6.07) is 6.09. The number of aromatic amines is 1. The summed E-state index contributed by atoms with van der Waals surface area (Å²) in [4.78, 5) is 2.44. The van der Waals surface area contributed by atoms with Crippen LogP contribution in [0, 0.1) is 0 Å². The van der Waals surface area contributed by atoms with Crippen molar-refractivity contribution >= 4 is 22.8 Å². The molecule has 2 rings (SSSR count). The van der Waals surface area contributed by atoms with Crippen LogP contribution in [0.15, 0.2) is 45.7 Å². The molecule has 88 valence electrons. The number of hydrogen-bond acceptors (Lipinski definition) is 3. The Balaban J connectivity index is 2.17. The van der Waals surface area contributed by atoms with Crippen LogP contribution in [0.2, 0.25) is 0 Å². The van der Waals surface area contributed by atoms with E-state index in [1.54, 1.807) is 11.8 Å². The Kier molecular flexibility index (Phi) is 3.64. The van der Waals surface area contributed by atoms with Crippen LogP contribution >= 0.6 is 11.8 Å². The van der Waals surface area contributed by atoms with Crippen LogP contribution < -0.4 is 0 Å². The fourth-order valence-corrected chi connectivity index (χ4v) is 2.20. The van der Waals surface area contributed by atoms with Crippen molar-refractivity contribution in [3.05, 3.63) is 40.8 Å². The third kappa shape index (κ3) is 3.20. The molecule has 0 spiro atoms. The second-order valence-electron chi connectivity index (χ2n) is 4.10. The van der Waals surface area contributed by atoms with Gasteiger partial charge in [-0.15, -0.1) is 0 Å². The van der Waals surface area contributed by atoms with Crippen LogP contribution in [-0.2, 0) is 0 Å². The molecule has 3 nitrogen and oxygen atoms in total. The van der Waals surface area contributed by atoms with Crippen LogP contribution in [-0.4, -0.2) is 15.4 Å². The standard InChI is InChI=1S/C13H15N3S/c1-9(2)4-5-10(3)17-11-6-7-12-13(8-11)15-16-14-12/h4-8H,1-3H3,(H,14,15,16)/b10-5+. The van der Waals surface area contributed by atoms with Gasteiger partial charge < -0.3 is 0 Å². The number of aromatic nitrogens is 3. The average molecular weight is 245 g/mol. The maximum atomic E-state index is 4.08. The Labute approximate surface area is 105 Å². The molecule has 1 heterocycles. The van der Waals surface area contributed by atoms with Crippen molar-refractivity contribution in [3.8, 4) is 0 Å². The first-order chi connectivity index (χ1) is 8.15. The van der Waals surface area contributed by atoms with Gasteiger partial charge in [-0.05, 0) is 43.9 Å². The molecule has 0 bridgehead atoms. The van der Waals surface area contributed by atoms with Gasteiger partial charge in [0.1, 0.15) is 11.0 Å². The van der Waals surface area contributed by atoms with Crippen LogP contribution in [0.5, 0.6) is 0 Å². The minimum atomic E-state index is 0.903. The summed E-state index contributed by atoms with van der Waals surface area (Å²) in [5.41, 5.74) is 3.11. The molecule has 0 radical (unpaired) electrons. The van der Waals surface area contributed by atoms with Gasteiger partial charge in [0.2, 0.25) is 0 Å². The molecule has 0 atom stereocenters. The van der Waals surface area contributed by atoms with Crippen molar-refractivity contribution in [2.24, 2.45) is 0 Å². The number of benzene rings is 1. The van der Waals surface area contributed by atoms with E-state index < -0.39 is 0 Å². The van der Waals surface area contributed by atoms with Gasteiger partial charge in [0, 0.05) is 4.90 Å². The number of rotatable bonds is 3. The summed E-state index contributed by atoms with van der Waals surface area (Å²) >= 11 is 1.74. The Morgan fingerprint density at radius 2 is 1.88 bits per heavy atom. The van der Waals surface area contributed by atoms with Gasteiger partial charge in [0.05, 0.1) is 0 Å². The second-order valence-corrected chi connectivity index (χ2v) is 5.42. The number of nitrogens with zero attached hydrogens (tertiary/aromatic N) is 2. The van der Waals surface area contributed by atoms with Gasteiger partial charge in [0.25, 0.3) is 0 Å². The summed E-state index contributed by atoms with van der Waals surface area (Å²) in [6.07, 6.45) is 4.25. The molecule has 0 amide bonds. The lowest BCUT2D eigenvalue weighted by Gasteiger charge is -2.00. The quantitative estimate of drug-likeness (QED) is 0.658. The van der Waals surface area contributed by atoms with E-state index in [4.69, 9.17) is 0 Å². The van der Waals surface area contributed by atoms with E-state index in [1.807, 2.05) is 12.1 Å². The maximum absolute atomic E-state index is 4.08. The summed E-state index contributed by atoms with van der Waals surface area (Å²) in [5, 5.41) is 10.7. The van der Waals surface area contributed by atoms with Crippen molar-refractivity contribution < 1.29 is 0 Å². The molecule has 0 saturated carbocycles. The molecule has 1 N–H and O–H groups in total. The Hall–Kier alpha value is -1.55. The second kappa shape index (κ2) is 5.19. The molecule has 17 heavy (non-hydrogen) atoms. The molecule has 2 aromatic rings. The van der Waals surface area contributed by atoms with Crippen LogP contribution in [0.4, 0.5) is 0 Å². The van der Waals surface area contributed by atoms with Gasteiger partial charge in [-0.1, -0.05) is 29.5 Å². The lowest BCUT2D eigenvalue weighted by Crippen LogP contribution is -1.74. The van der Waals surface area contributed by atoms with Crippen molar-refractivity contribution in [1.82, 2.24) is 15.4 Å². The number of fused-ring (bicyclic) bond motifs is 1. The highest BCUT2D eigenvalue weighted by molar-refractivity contribution is 8.03. The number of nitrogens with one attached hydrogen (secondary N) is 1. The lowest BCUT2D eigenvalue weighted by atomic mass is 10.3. The third-order valence-electron chi connectivity index (χ3n) is 2.22. The van der Waals surface area contributed by atoms with Gasteiger partial charge >= 0.3 is 0 Å². The first-order valence-electron chi connectivity index (χ1n) is 5.45. The van der Waals surface area contributed by atoms with E-state index in [9.17, 15) is 0 Å². The van der Waals surface area contributed by atoms with Crippen molar-refractivity contribution in [3.63, 3.8) is 0 Å². The molecule has 0 aliphatic carbocycles. The largest absolute Gasteiger partial charge is 0.197 e. The SMILES string of the molecule is CC(C)=C/C=C(\C)Sc1ccc2n[nH]nc2c1. The molecule has 0 aliphatic rings. The highest BCUT2D eigenvalue weighted by Crippen LogP contribution is 2.27. The van der Waals surface area contributed by atoms with E-state index >= 15 is 0 Å². The predicted molar refractivity (Wildman–Crippen MR) is 72.9 cm³/mol. The number of thioether (sulfide) groups is 1. The zero-order chi connectivity index (χ0) is 12.3. The lowest BCUT2D eigenvalue weighted by molar-refractivity contribution is 0.959. The molecule has 0 saturated heterocycles. The Morgan fingerprint density at radius 1 is 1.12 bits per heavy atom. The molecule has 0 aliphatic heterocycles. The zero-order valence-electron chi connectivity index (χ0n) is 10.2. The topological polar surface area (TPSA) is 41.6 Å². The smallest absolute Gasteiger partial charge is 0.114 e. The fraction of sp³-hybridized carbons (Fsp3) is 0.231. The van der Waals surface area contributed by atoms with Gasteiger partial charge in [-0.3, -0.25) is 0 Å². The van der Waals surface area contributed by atoms with Crippen LogP contribution in [0.1, 0.15) is 20.8 Å². The number of hydrogen-bond donors (Lipinski definition) is 1. The highest BCUT2D eigenvalue weighted by Gasteiger charge is 2.00. The first kappa shape index (κ1) is 11.9. The van der Waals surface area contributed by atoms with Crippen molar-refractivity contribution in [1.29, 1.82) is 0 Å². The zero-order valence-corrected chi connectivity index (χ0v) is 11.0. The molecular weight excluding hydrogens is 230 g/mol. The molecule has 0 fully saturated rings. The normalized spacial score (nSPS) is 11.8. The summed E-state index contributed by atoms with van der Waals surface area (Å²) < 4.78 is 0. The minimum Gasteiger partial charge on any atom is -0.197 e. The van der Waals surface area contributed by atoms with E-state index in [0.717, 1.165) is 11.0 Å². The molecule has 1 aromatic heterocycles. The van der Waals surface area contributed by atoms with E-state index in [-0.39, 0.29) is 0 Å². The maximum Gasteiger partial charge on any atom is 0.114 e. The van der Waals surface area contributed by atoms with Crippen LogP contribution in [0.25, 0.3) is 11.0 Å². The van der Waals surface area contributed by atoms with E-state index in [0.29, 0.717) is 0 Å². The molecule has 4 heteroatoms. The molecule has 1 aromatic carbocycles. The predicted octanol–water partition coefficient (Wildman–Crippen LogP) is 3.92. The van der Waals surface area contributed by atoms with Gasteiger partial charge in [-0.25, -0.2) is 0 Å². The fourth-order valence-electron chi connectivity index (χ4n) is 1.39. The monoisotopic (exact) mass is 245 g/mol. The van der Waals surface area contributed by atoms with E-state index in [1.165, 1.54) is 15.4 Å². The van der Waals surface area contributed by atoms with E-state index in [2.05, 4.69) is 54.4 Å². The summed E-state index contributed by atoms with van der Waals surface area (Å²) in [6.45, 7) is 6.29. The van der Waals surface area contributed by atoms with Crippen molar-refractivity contribution in [2.75, 3.05) is 0 Å². The molecule has 0 unspecified atom stereocenters. The molecular formula is C13H15N3S. The third-order valence-corrected chi connectivity index (χ3v) is 3.17. The Bertz CT molecular complexity index is 577. The van der Waals surface area contributed by atoms with Crippen LogP contribution in [0.3, 0.4) is 0 Å². The van der Waals surface area contributed by atoms with Gasteiger partial charge in [0.15, 0.2) is 0 Å². The summed E-state index contributed by atoms with van der Waals surface area (Å²) in [7, 11) is 0. The minimum absolute atomic E-state index is 0.903. The van der Waals surface area contributed by atoms with Crippen molar-refractivity contribution in [2.45, 2.75) is 25.7 Å². The first-order valence-corrected chi connectivity index (χ1v) is 6.27. The number of allylic oxidation sites excluding steroid dienone is 4. The van der Waals surface area contributed by atoms with Gasteiger partial charge in [-0.2, -0.15) is 15.4 Å². The highest BCUT2D eigenvalue weighted by atomic mass is 32.2.